The Morgan fingerprint density at radius 2 is 0.517 bits per heavy atom. The number of unbranched alkanes of at least 4 members (excludes halogenated alkanes) is 32. The van der Waals surface area contributed by atoms with Crippen LogP contribution in [0.2, 0.25) is 0 Å². The lowest BCUT2D eigenvalue weighted by Gasteiger charge is -2.58. The summed E-state index contributed by atoms with van der Waals surface area (Å²) in [6, 6.07) is 0. The number of rotatable bonds is 51. The summed E-state index contributed by atoms with van der Waals surface area (Å²) in [5.74, 6) is 1.86. The molecule has 0 aliphatic heterocycles. The molecule has 0 nitrogen and oxygen atoms in total. The molecule has 0 N–H and O–H groups in total. The molecule has 0 heteroatoms. The van der Waals surface area contributed by atoms with Crippen molar-refractivity contribution in [2.45, 2.75) is 364 Å². The minimum Gasteiger partial charge on any atom is -0.0654 e. The molecule has 0 spiro atoms. The highest BCUT2D eigenvalue weighted by Gasteiger charge is 2.53. The van der Waals surface area contributed by atoms with E-state index in [0.29, 0.717) is 10.8 Å². The zero-order valence-electron chi connectivity index (χ0n) is 44.1. The highest BCUT2D eigenvalue weighted by Crippen LogP contribution is 2.63. The standard InChI is InChI=1S/C60H122/c1-9-17-24-30-34-37-41-46-53-59(56-57(16-8)49-23-15-7,52-45-40-36-32-26-19-11-3)60(54-47-39-28-21-13-5,55-48-42-33-27-20-12-4)58(50-43-29-22-14-6)51-44-38-35-31-25-18-10-2/h57-58H,9-56H2,1-8H3. The van der Waals surface area contributed by atoms with Crippen LogP contribution < -0.4 is 0 Å². The molecule has 0 rings (SSSR count). The van der Waals surface area contributed by atoms with Gasteiger partial charge in [-0.2, -0.15) is 0 Å². The summed E-state index contributed by atoms with van der Waals surface area (Å²) in [6.45, 7) is 19.5. The van der Waals surface area contributed by atoms with Crippen LogP contribution in [-0.2, 0) is 0 Å². The van der Waals surface area contributed by atoms with Gasteiger partial charge in [-0.25, -0.2) is 0 Å². The first-order valence-corrected chi connectivity index (χ1v) is 29.5. The zero-order valence-corrected chi connectivity index (χ0v) is 44.1. The summed E-state index contributed by atoms with van der Waals surface area (Å²) in [4.78, 5) is 0. The molecule has 4 atom stereocenters. The van der Waals surface area contributed by atoms with Gasteiger partial charge in [-0.1, -0.05) is 319 Å². The van der Waals surface area contributed by atoms with Gasteiger partial charge in [-0.3, -0.25) is 0 Å². The normalized spacial score (nSPS) is 15.0. The van der Waals surface area contributed by atoms with Gasteiger partial charge in [-0.05, 0) is 67.6 Å². The fourth-order valence-corrected chi connectivity index (χ4v) is 12.2. The second-order valence-electron chi connectivity index (χ2n) is 21.3. The lowest BCUT2D eigenvalue weighted by Crippen LogP contribution is -2.49. The Morgan fingerprint density at radius 3 is 0.833 bits per heavy atom. The Morgan fingerprint density at radius 1 is 0.250 bits per heavy atom. The fourth-order valence-electron chi connectivity index (χ4n) is 12.2. The first kappa shape index (κ1) is 60.0. The molecule has 0 radical (unpaired) electrons. The molecule has 0 aliphatic rings. The van der Waals surface area contributed by atoms with Crippen LogP contribution in [0, 0.1) is 22.7 Å². The molecule has 0 saturated carbocycles. The third kappa shape index (κ3) is 30.2. The van der Waals surface area contributed by atoms with Crippen molar-refractivity contribution in [1.82, 2.24) is 0 Å². The van der Waals surface area contributed by atoms with Gasteiger partial charge in [0.25, 0.3) is 0 Å². The van der Waals surface area contributed by atoms with Crippen LogP contribution in [0.1, 0.15) is 364 Å². The summed E-state index contributed by atoms with van der Waals surface area (Å²) in [7, 11) is 0. The van der Waals surface area contributed by atoms with Crippen LogP contribution >= 0.6 is 0 Å². The van der Waals surface area contributed by atoms with Crippen LogP contribution in [0.5, 0.6) is 0 Å². The third-order valence-electron chi connectivity index (χ3n) is 16.1. The fraction of sp³-hybridized carbons (Fsp3) is 1.00. The van der Waals surface area contributed by atoms with Crippen molar-refractivity contribution < 1.29 is 0 Å². The Hall–Kier alpha value is 0. The lowest BCUT2D eigenvalue weighted by molar-refractivity contribution is -0.0847. The predicted molar refractivity (Wildman–Crippen MR) is 279 cm³/mol. The molecule has 60 heavy (non-hydrogen) atoms. The van der Waals surface area contributed by atoms with Gasteiger partial charge in [0.15, 0.2) is 0 Å². The smallest absolute Gasteiger partial charge is 0.0213 e. The van der Waals surface area contributed by atoms with Gasteiger partial charge in [-0.15, -0.1) is 0 Å². The van der Waals surface area contributed by atoms with Crippen molar-refractivity contribution in [1.29, 1.82) is 0 Å². The Balaban J connectivity index is 7.47. The second-order valence-corrected chi connectivity index (χ2v) is 21.3. The monoisotopic (exact) mass is 843 g/mol. The molecule has 0 saturated heterocycles. The van der Waals surface area contributed by atoms with Crippen LogP contribution in [0.15, 0.2) is 0 Å². The first-order valence-electron chi connectivity index (χ1n) is 29.5. The maximum Gasteiger partial charge on any atom is -0.0213 e. The second kappa shape index (κ2) is 45.6. The van der Waals surface area contributed by atoms with E-state index < -0.39 is 0 Å². The van der Waals surface area contributed by atoms with E-state index in [9.17, 15) is 0 Å². The molecule has 0 aromatic rings. The van der Waals surface area contributed by atoms with E-state index >= 15 is 0 Å². The van der Waals surface area contributed by atoms with Crippen molar-refractivity contribution in [3.63, 3.8) is 0 Å². The molecule has 0 amide bonds. The number of hydrogen-bond acceptors (Lipinski definition) is 0. The van der Waals surface area contributed by atoms with E-state index in [2.05, 4.69) is 55.4 Å². The molecule has 0 aromatic carbocycles. The Kier molecular flexibility index (Phi) is 45.6. The van der Waals surface area contributed by atoms with E-state index in [0.717, 1.165) is 11.8 Å². The van der Waals surface area contributed by atoms with Crippen molar-refractivity contribution in [2.24, 2.45) is 22.7 Å². The maximum atomic E-state index is 2.61. The molecule has 0 bridgehead atoms. The van der Waals surface area contributed by atoms with Gasteiger partial charge in [0, 0.05) is 0 Å². The van der Waals surface area contributed by atoms with Crippen LogP contribution in [0.25, 0.3) is 0 Å². The molecular formula is C60H122. The molecule has 4 unspecified atom stereocenters. The van der Waals surface area contributed by atoms with E-state index in [1.165, 1.54) is 263 Å². The molecule has 362 valence electrons. The van der Waals surface area contributed by atoms with E-state index in [1.807, 2.05) is 0 Å². The summed E-state index contributed by atoms with van der Waals surface area (Å²) in [6.07, 6.45) is 70.8. The lowest BCUT2D eigenvalue weighted by atomic mass is 9.46. The Bertz CT molecular complexity index is 798. The summed E-state index contributed by atoms with van der Waals surface area (Å²) >= 11 is 0. The SMILES string of the molecule is CCCCCCCCCCC(CCCCCCCCC)(CC(CC)CCCC)C(CCCCCCC)(CCCCCCCC)C(CCCCCC)CCCCCCCCC. The van der Waals surface area contributed by atoms with Crippen molar-refractivity contribution in [3.05, 3.63) is 0 Å². The highest BCUT2D eigenvalue weighted by molar-refractivity contribution is 5.03. The first-order chi connectivity index (χ1) is 29.5. The average molecular weight is 844 g/mol. The van der Waals surface area contributed by atoms with Gasteiger partial charge >= 0.3 is 0 Å². The zero-order chi connectivity index (χ0) is 44.1. The van der Waals surface area contributed by atoms with Crippen molar-refractivity contribution >= 4 is 0 Å². The molecule has 0 fully saturated rings. The van der Waals surface area contributed by atoms with E-state index in [4.69, 9.17) is 0 Å². The van der Waals surface area contributed by atoms with Gasteiger partial charge in [0.05, 0.1) is 0 Å². The molecular weight excluding hydrogens is 721 g/mol. The van der Waals surface area contributed by atoms with Crippen LogP contribution in [0.3, 0.4) is 0 Å². The predicted octanol–water partition coefficient (Wildman–Crippen LogP) is 23.1. The highest BCUT2D eigenvalue weighted by atomic mass is 14.6. The van der Waals surface area contributed by atoms with E-state index in [1.54, 1.807) is 44.9 Å². The third-order valence-corrected chi connectivity index (χ3v) is 16.1. The minimum absolute atomic E-state index is 0.526. The summed E-state index contributed by atoms with van der Waals surface area (Å²) < 4.78 is 0. The van der Waals surface area contributed by atoms with Crippen LogP contribution in [0.4, 0.5) is 0 Å². The van der Waals surface area contributed by atoms with Gasteiger partial charge in [0.1, 0.15) is 0 Å². The van der Waals surface area contributed by atoms with Crippen molar-refractivity contribution in [3.8, 4) is 0 Å². The summed E-state index contributed by atoms with van der Waals surface area (Å²) in [5, 5.41) is 0. The van der Waals surface area contributed by atoms with E-state index in [-0.39, 0.29) is 0 Å². The number of hydrogen-bond donors (Lipinski definition) is 0. The summed E-state index contributed by atoms with van der Waals surface area (Å²) in [5.41, 5.74) is 1.05. The topological polar surface area (TPSA) is 0 Å². The maximum absolute atomic E-state index is 2.61. The van der Waals surface area contributed by atoms with Gasteiger partial charge < -0.3 is 0 Å². The quantitative estimate of drug-likeness (QED) is 0.0535. The Labute approximate surface area is 384 Å². The molecule has 0 aliphatic carbocycles. The average Bonchev–Trinajstić information content (AvgIpc) is 3.26. The largest absolute Gasteiger partial charge is 0.0654 e. The molecule has 0 heterocycles. The molecule has 0 aromatic heterocycles. The van der Waals surface area contributed by atoms with Crippen molar-refractivity contribution in [2.75, 3.05) is 0 Å². The minimum atomic E-state index is 0.526. The van der Waals surface area contributed by atoms with Gasteiger partial charge in [0.2, 0.25) is 0 Å². The van der Waals surface area contributed by atoms with Crippen LogP contribution in [-0.4, -0.2) is 0 Å².